The molecule has 0 bridgehead atoms. The molecule has 0 saturated carbocycles. The molecule has 3 heterocycles. The highest BCUT2D eigenvalue weighted by Gasteiger charge is 2.22. The van der Waals surface area contributed by atoms with E-state index in [0.29, 0.717) is 39.1 Å². The fourth-order valence-electron chi connectivity index (χ4n) is 3.52. The number of hydrogen-bond acceptors (Lipinski definition) is 7. The predicted molar refractivity (Wildman–Crippen MR) is 126 cm³/mol. The van der Waals surface area contributed by atoms with E-state index in [2.05, 4.69) is 10.3 Å². The van der Waals surface area contributed by atoms with Crippen LogP contribution in [-0.4, -0.2) is 32.5 Å². The summed E-state index contributed by atoms with van der Waals surface area (Å²) in [6.45, 7) is 3.81. The van der Waals surface area contributed by atoms with Crippen LogP contribution in [0, 0.1) is 6.92 Å². The third-order valence-corrected chi connectivity index (χ3v) is 6.28. The molecular weight excluding hydrogens is 440 g/mol. The van der Waals surface area contributed by atoms with Crippen LogP contribution in [0.1, 0.15) is 12.5 Å². The quantitative estimate of drug-likeness (QED) is 0.356. The summed E-state index contributed by atoms with van der Waals surface area (Å²) in [6, 6.07) is 16.1. The lowest BCUT2D eigenvalue weighted by Crippen LogP contribution is -2.27. The number of fused-ring (bicyclic) bond motifs is 2. The van der Waals surface area contributed by atoms with Gasteiger partial charge < -0.3 is 14.8 Å². The number of pyridine rings is 1. The first-order valence-corrected chi connectivity index (χ1v) is 11.2. The second-order valence-electron chi connectivity index (χ2n) is 7.51. The minimum absolute atomic E-state index is 0.164. The monoisotopic (exact) mass is 460 g/mol. The number of amides is 1. The Hall–Kier alpha value is -3.85. The number of hydrogen-bond donors (Lipinski definition) is 1. The first-order valence-electron chi connectivity index (χ1n) is 10.3. The highest BCUT2D eigenvalue weighted by Crippen LogP contribution is 2.34. The molecule has 0 radical (unpaired) electrons. The van der Waals surface area contributed by atoms with Gasteiger partial charge in [-0.3, -0.25) is 9.59 Å². The van der Waals surface area contributed by atoms with Crippen molar-refractivity contribution >= 4 is 34.3 Å². The molecule has 2 aromatic carbocycles. The average Bonchev–Trinajstić information content (AvgIpc) is 3.28. The first-order chi connectivity index (χ1) is 16.0. The summed E-state index contributed by atoms with van der Waals surface area (Å²) in [5.41, 5.74) is 1.77. The van der Waals surface area contributed by atoms with Crippen molar-refractivity contribution < 1.29 is 14.3 Å². The third kappa shape index (κ3) is 4.03. The lowest BCUT2D eigenvalue weighted by atomic mass is 10.2. The van der Waals surface area contributed by atoms with Gasteiger partial charge in [-0.25, -0.2) is 14.5 Å². The van der Waals surface area contributed by atoms with Gasteiger partial charge in [0.1, 0.15) is 5.82 Å². The molecule has 2 aromatic heterocycles. The molecule has 166 valence electrons. The van der Waals surface area contributed by atoms with Crippen molar-refractivity contribution in [1.29, 1.82) is 0 Å². The highest BCUT2D eigenvalue weighted by molar-refractivity contribution is 8.00. The molecule has 8 nitrogen and oxygen atoms in total. The van der Waals surface area contributed by atoms with Gasteiger partial charge >= 0.3 is 0 Å². The Labute approximate surface area is 193 Å². The van der Waals surface area contributed by atoms with E-state index < -0.39 is 5.25 Å². The predicted octanol–water partition coefficient (Wildman–Crippen LogP) is 3.94. The van der Waals surface area contributed by atoms with Gasteiger partial charge in [0.15, 0.2) is 16.7 Å². The number of nitrogens with one attached hydrogen (secondary N) is 1. The fraction of sp³-hybridized carbons (Fsp3) is 0.167. The van der Waals surface area contributed by atoms with Crippen molar-refractivity contribution in [1.82, 2.24) is 14.5 Å². The molecule has 0 spiro atoms. The van der Waals surface area contributed by atoms with Gasteiger partial charge in [0.05, 0.1) is 16.2 Å². The maximum absolute atomic E-state index is 13.4. The summed E-state index contributed by atoms with van der Waals surface area (Å²) in [6.07, 6.45) is 1.63. The molecule has 0 fully saturated rings. The Bertz CT molecular complexity index is 1440. The van der Waals surface area contributed by atoms with Gasteiger partial charge in [-0.2, -0.15) is 0 Å². The Kier molecular flexibility index (Phi) is 5.47. The van der Waals surface area contributed by atoms with Gasteiger partial charge in [0, 0.05) is 18.0 Å². The van der Waals surface area contributed by atoms with E-state index >= 15 is 0 Å². The highest BCUT2D eigenvalue weighted by atomic mass is 32.2. The van der Waals surface area contributed by atoms with Crippen LogP contribution < -0.4 is 20.3 Å². The van der Waals surface area contributed by atoms with Crippen molar-refractivity contribution in [2.24, 2.45) is 0 Å². The number of anilines is 1. The number of aromatic nitrogens is 3. The van der Waals surface area contributed by atoms with Crippen molar-refractivity contribution in [3.05, 3.63) is 76.7 Å². The number of benzene rings is 2. The van der Waals surface area contributed by atoms with Gasteiger partial charge in [-0.15, -0.1) is 0 Å². The van der Waals surface area contributed by atoms with E-state index in [-0.39, 0.29) is 18.3 Å². The zero-order chi connectivity index (χ0) is 22.9. The van der Waals surface area contributed by atoms with Crippen LogP contribution in [0.3, 0.4) is 0 Å². The molecular formula is C24H20N4O4S. The maximum atomic E-state index is 13.4. The number of rotatable bonds is 5. The minimum atomic E-state index is -0.543. The number of ether oxygens (including phenoxy) is 2. The molecule has 1 N–H and O–H groups in total. The molecule has 5 rings (SSSR count). The van der Waals surface area contributed by atoms with Crippen molar-refractivity contribution in [3.63, 3.8) is 0 Å². The number of para-hydroxylation sites is 1. The summed E-state index contributed by atoms with van der Waals surface area (Å²) in [7, 11) is 0. The van der Waals surface area contributed by atoms with Crippen LogP contribution in [0.15, 0.2) is 70.7 Å². The van der Waals surface area contributed by atoms with Crippen molar-refractivity contribution in [2.75, 3.05) is 12.1 Å². The van der Waals surface area contributed by atoms with E-state index in [9.17, 15) is 9.59 Å². The summed E-state index contributed by atoms with van der Waals surface area (Å²) in [5.74, 6) is 1.49. The van der Waals surface area contributed by atoms with E-state index in [1.807, 2.05) is 25.1 Å². The molecule has 1 aliphatic heterocycles. The minimum Gasteiger partial charge on any atom is -0.454 e. The normalized spacial score (nSPS) is 13.2. The van der Waals surface area contributed by atoms with Gasteiger partial charge in [0.25, 0.3) is 5.56 Å². The Morgan fingerprint density at radius 3 is 2.79 bits per heavy atom. The molecule has 1 aliphatic rings. The van der Waals surface area contributed by atoms with Crippen LogP contribution in [0.4, 0.5) is 5.69 Å². The van der Waals surface area contributed by atoms with Crippen LogP contribution in [-0.2, 0) is 4.79 Å². The SMILES string of the molecule is Cc1cccnc1-n1c(S[C@H](C)C(=O)Nc2ccc3c(c2)OCO3)nc2ccccc2c1=O. The van der Waals surface area contributed by atoms with E-state index in [1.54, 1.807) is 49.5 Å². The number of aryl methyl sites for hydroxylation is 1. The molecule has 1 amide bonds. The van der Waals surface area contributed by atoms with Crippen LogP contribution in [0.2, 0.25) is 0 Å². The lowest BCUT2D eigenvalue weighted by molar-refractivity contribution is -0.115. The number of carbonyl (C=O) groups excluding carboxylic acids is 1. The molecule has 33 heavy (non-hydrogen) atoms. The topological polar surface area (TPSA) is 95.3 Å². The summed E-state index contributed by atoms with van der Waals surface area (Å²) >= 11 is 1.20. The van der Waals surface area contributed by atoms with Crippen molar-refractivity contribution in [3.8, 4) is 17.3 Å². The van der Waals surface area contributed by atoms with Crippen molar-refractivity contribution in [2.45, 2.75) is 24.3 Å². The van der Waals surface area contributed by atoms with E-state index in [1.165, 1.54) is 16.3 Å². The Morgan fingerprint density at radius 2 is 1.94 bits per heavy atom. The van der Waals surface area contributed by atoms with Crippen LogP contribution >= 0.6 is 11.8 Å². The number of thioether (sulfide) groups is 1. The van der Waals surface area contributed by atoms with E-state index in [4.69, 9.17) is 14.5 Å². The molecule has 4 aromatic rings. The zero-order valence-corrected chi connectivity index (χ0v) is 18.8. The van der Waals surface area contributed by atoms with E-state index in [0.717, 1.165) is 5.56 Å². The van der Waals surface area contributed by atoms with Crippen LogP contribution in [0.25, 0.3) is 16.7 Å². The second kappa shape index (κ2) is 8.59. The average molecular weight is 461 g/mol. The first kappa shape index (κ1) is 21.0. The van der Waals surface area contributed by atoms with Gasteiger partial charge in [-0.05, 0) is 49.7 Å². The lowest BCUT2D eigenvalue weighted by Gasteiger charge is -2.17. The molecule has 0 aliphatic carbocycles. The summed E-state index contributed by atoms with van der Waals surface area (Å²) in [4.78, 5) is 35.5. The molecule has 0 unspecified atom stereocenters. The number of nitrogens with zero attached hydrogens (tertiary/aromatic N) is 3. The summed E-state index contributed by atoms with van der Waals surface area (Å²) < 4.78 is 12.2. The molecule has 9 heteroatoms. The molecule has 1 atom stereocenters. The van der Waals surface area contributed by atoms with Gasteiger partial charge in [-0.1, -0.05) is 30.0 Å². The zero-order valence-electron chi connectivity index (χ0n) is 17.9. The number of carbonyl (C=O) groups is 1. The fourth-order valence-corrected chi connectivity index (χ4v) is 4.43. The largest absolute Gasteiger partial charge is 0.454 e. The third-order valence-electron chi connectivity index (χ3n) is 5.23. The summed E-state index contributed by atoms with van der Waals surface area (Å²) in [5, 5.41) is 3.23. The molecule has 0 saturated heterocycles. The standard InChI is InChI=1S/C24H20N4O4S/c1-14-6-5-11-25-21(14)28-23(30)17-7-3-4-8-18(17)27-24(28)33-15(2)22(29)26-16-9-10-19-20(12-16)32-13-31-19/h3-12,15H,13H2,1-2H3,(H,26,29)/t15-/m1/s1. The van der Waals surface area contributed by atoms with Crippen LogP contribution in [0.5, 0.6) is 11.5 Å². The smallest absolute Gasteiger partial charge is 0.267 e. The maximum Gasteiger partial charge on any atom is 0.267 e. The Balaban J connectivity index is 1.49. The van der Waals surface area contributed by atoms with Gasteiger partial charge in [0.2, 0.25) is 12.7 Å². The Morgan fingerprint density at radius 1 is 1.12 bits per heavy atom. The second-order valence-corrected chi connectivity index (χ2v) is 8.82.